The molecule has 28 heavy (non-hydrogen) atoms. The summed E-state index contributed by atoms with van der Waals surface area (Å²) in [6.45, 7) is 4.41. The van der Waals surface area contributed by atoms with Gasteiger partial charge in [-0.25, -0.2) is 0 Å². The number of carbonyl (C=O) groups is 1. The summed E-state index contributed by atoms with van der Waals surface area (Å²) in [5.41, 5.74) is 6.89. The third-order valence-electron chi connectivity index (χ3n) is 4.86. The van der Waals surface area contributed by atoms with Gasteiger partial charge in [-0.1, -0.05) is 30.3 Å². The molecule has 4 rings (SSSR count). The SMILES string of the molecule is CC(N)(C(=O)N1CCN(c2ccc3nncn3n2)CC1)c1ccccc1.Cl.Cl. The molecule has 0 spiro atoms. The molecule has 0 saturated carbocycles. The fourth-order valence-electron chi connectivity index (χ4n) is 3.26. The number of anilines is 1. The Morgan fingerprint density at radius 2 is 1.71 bits per heavy atom. The smallest absolute Gasteiger partial charge is 0.247 e. The molecular weight excluding hydrogens is 401 g/mol. The molecule has 0 aliphatic carbocycles. The first-order valence-corrected chi connectivity index (χ1v) is 8.61. The minimum atomic E-state index is -1.02. The molecule has 1 aliphatic rings. The lowest BCUT2D eigenvalue weighted by Gasteiger charge is -2.39. The van der Waals surface area contributed by atoms with Crippen LogP contribution in [0, 0.1) is 0 Å². The second-order valence-corrected chi connectivity index (χ2v) is 6.67. The van der Waals surface area contributed by atoms with Crippen molar-refractivity contribution in [3.05, 3.63) is 54.4 Å². The number of carbonyl (C=O) groups excluding carboxylic acids is 1. The molecule has 0 bridgehead atoms. The van der Waals surface area contributed by atoms with Crippen molar-refractivity contribution in [3.63, 3.8) is 0 Å². The first kappa shape index (κ1) is 21.9. The summed E-state index contributed by atoms with van der Waals surface area (Å²) in [7, 11) is 0. The van der Waals surface area contributed by atoms with Crippen LogP contribution >= 0.6 is 24.8 Å². The first-order chi connectivity index (χ1) is 12.6. The van der Waals surface area contributed by atoms with Gasteiger partial charge in [0.05, 0.1) is 0 Å². The van der Waals surface area contributed by atoms with E-state index in [-0.39, 0.29) is 30.7 Å². The normalized spacial score (nSPS) is 16.1. The van der Waals surface area contributed by atoms with E-state index in [1.807, 2.05) is 47.4 Å². The fourth-order valence-corrected chi connectivity index (χ4v) is 3.26. The lowest BCUT2D eigenvalue weighted by Crippen LogP contribution is -2.57. The molecule has 1 saturated heterocycles. The van der Waals surface area contributed by atoms with Gasteiger partial charge in [-0.3, -0.25) is 4.79 Å². The van der Waals surface area contributed by atoms with Gasteiger partial charge in [0.15, 0.2) is 5.65 Å². The topological polar surface area (TPSA) is 92.7 Å². The van der Waals surface area contributed by atoms with Crippen LogP contribution in [0.1, 0.15) is 12.5 Å². The Hall–Kier alpha value is -2.42. The lowest BCUT2D eigenvalue weighted by molar-refractivity contribution is -0.137. The summed E-state index contributed by atoms with van der Waals surface area (Å²) in [6, 6.07) is 13.3. The Morgan fingerprint density at radius 3 is 2.39 bits per heavy atom. The Bertz CT molecular complexity index is 924. The van der Waals surface area contributed by atoms with Crippen LogP contribution in [0.15, 0.2) is 48.8 Å². The average Bonchev–Trinajstić information content (AvgIpc) is 3.16. The molecule has 150 valence electrons. The van der Waals surface area contributed by atoms with Gasteiger partial charge in [-0.2, -0.15) is 4.52 Å². The van der Waals surface area contributed by atoms with Crippen LogP contribution in [-0.2, 0) is 10.3 Å². The predicted octanol–water partition coefficient (Wildman–Crippen LogP) is 1.49. The van der Waals surface area contributed by atoms with E-state index >= 15 is 0 Å². The molecule has 1 amide bonds. The number of piperazine rings is 1. The first-order valence-electron chi connectivity index (χ1n) is 8.61. The average molecular weight is 424 g/mol. The number of nitrogens with two attached hydrogens (primary N) is 1. The second kappa shape index (κ2) is 8.72. The van der Waals surface area contributed by atoms with E-state index in [0.717, 1.165) is 11.4 Å². The predicted molar refractivity (Wildman–Crippen MR) is 112 cm³/mol. The van der Waals surface area contributed by atoms with Crippen LogP contribution in [0.2, 0.25) is 0 Å². The summed E-state index contributed by atoms with van der Waals surface area (Å²) in [6.07, 6.45) is 1.58. The standard InChI is InChI=1S/C18H21N7O.2ClH/c1-18(19,14-5-3-2-4-6-14)17(26)24-11-9-23(10-12-24)16-8-7-15-21-20-13-25(15)22-16;;/h2-8,13H,9-12,19H2,1H3;2*1H. The van der Waals surface area contributed by atoms with E-state index in [2.05, 4.69) is 20.2 Å². The van der Waals surface area contributed by atoms with Gasteiger partial charge in [-0.15, -0.1) is 40.1 Å². The van der Waals surface area contributed by atoms with Gasteiger partial charge < -0.3 is 15.5 Å². The van der Waals surface area contributed by atoms with E-state index < -0.39 is 5.54 Å². The van der Waals surface area contributed by atoms with Gasteiger partial charge in [0.25, 0.3) is 0 Å². The molecule has 1 aliphatic heterocycles. The van der Waals surface area contributed by atoms with Crippen molar-refractivity contribution < 1.29 is 4.79 Å². The molecule has 10 heteroatoms. The Labute approximate surface area is 175 Å². The number of fused-ring (bicyclic) bond motifs is 1. The van der Waals surface area contributed by atoms with E-state index in [9.17, 15) is 4.79 Å². The molecule has 1 fully saturated rings. The number of aromatic nitrogens is 4. The highest BCUT2D eigenvalue weighted by molar-refractivity contribution is 5.87. The minimum absolute atomic E-state index is 0. The number of amides is 1. The van der Waals surface area contributed by atoms with Crippen LogP contribution in [-0.4, -0.2) is 56.8 Å². The van der Waals surface area contributed by atoms with Crippen molar-refractivity contribution in [2.45, 2.75) is 12.5 Å². The van der Waals surface area contributed by atoms with Crippen LogP contribution in [0.25, 0.3) is 5.65 Å². The molecule has 2 aromatic heterocycles. The molecule has 1 atom stereocenters. The number of hydrogen-bond donors (Lipinski definition) is 1. The van der Waals surface area contributed by atoms with Crippen molar-refractivity contribution in [1.82, 2.24) is 24.7 Å². The summed E-state index contributed by atoms with van der Waals surface area (Å²) in [4.78, 5) is 16.9. The zero-order valence-electron chi connectivity index (χ0n) is 15.4. The molecule has 2 N–H and O–H groups in total. The third kappa shape index (κ3) is 4.04. The second-order valence-electron chi connectivity index (χ2n) is 6.67. The molecular formula is C18H23Cl2N7O. The van der Waals surface area contributed by atoms with E-state index in [1.54, 1.807) is 17.8 Å². The molecule has 3 aromatic rings. The van der Waals surface area contributed by atoms with Gasteiger partial charge in [0.1, 0.15) is 17.7 Å². The van der Waals surface area contributed by atoms with Crippen LogP contribution in [0.3, 0.4) is 0 Å². The number of nitrogens with zero attached hydrogens (tertiary/aromatic N) is 6. The highest BCUT2D eigenvalue weighted by Crippen LogP contribution is 2.22. The maximum atomic E-state index is 12.9. The minimum Gasteiger partial charge on any atom is -0.352 e. The van der Waals surface area contributed by atoms with Gasteiger partial charge in [0, 0.05) is 26.2 Å². The van der Waals surface area contributed by atoms with Gasteiger partial charge in [-0.05, 0) is 24.6 Å². The quantitative estimate of drug-likeness (QED) is 0.685. The molecule has 1 aromatic carbocycles. The van der Waals surface area contributed by atoms with E-state index in [4.69, 9.17) is 5.73 Å². The van der Waals surface area contributed by atoms with E-state index in [1.165, 1.54) is 0 Å². The van der Waals surface area contributed by atoms with Crippen molar-refractivity contribution in [2.24, 2.45) is 5.73 Å². The Balaban J connectivity index is 0.00000140. The number of hydrogen-bond acceptors (Lipinski definition) is 6. The lowest BCUT2D eigenvalue weighted by atomic mass is 9.91. The maximum absolute atomic E-state index is 12.9. The highest BCUT2D eigenvalue weighted by Gasteiger charge is 2.35. The maximum Gasteiger partial charge on any atom is 0.247 e. The van der Waals surface area contributed by atoms with Crippen molar-refractivity contribution in [2.75, 3.05) is 31.1 Å². The van der Waals surface area contributed by atoms with Gasteiger partial charge in [0.2, 0.25) is 5.91 Å². The monoisotopic (exact) mass is 423 g/mol. The van der Waals surface area contributed by atoms with Crippen LogP contribution in [0.4, 0.5) is 5.82 Å². The van der Waals surface area contributed by atoms with Crippen molar-refractivity contribution in [3.8, 4) is 0 Å². The van der Waals surface area contributed by atoms with E-state index in [0.29, 0.717) is 31.8 Å². The molecule has 0 radical (unpaired) electrons. The number of rotatable bonds is 3. The largest absolute Gasteiger partial charge is 0.352 e. The van der Waals surface area contributed by atoms with Crippen molar-refractivity contribution >= 4 is 42.2 Å². The zero-order chi connectivity index (χ0) is 18.1. The third-order valence-corrected chi connectivity index (χ3v) is 4.86. The number of halogens is 2. The molecule has 1 unspecified atom stereocenters. The Morgan fingerprint density at radius 1 is 1.04 bits per heavy atom. The summed E-state index contributed by atoms with van der Waals surface area (Å²) in [5, 5.41) is 12.3. The highest BCUT2D eigenvalue weighted by atomic mass is 35.5. The molecule has 8 nitrogen and oxygen atoms in total. The summed E-state index contributed by atoms with van der Waals surface area (Å²) < 4.78 is 1.65. The zero-order valence-corrected chi connectivity index (χ0v) is 17.1. The van der Waals surface area contributed by atoms with Crippen LogP contribution < -0.4 is 10.6 Å². The summed E-state index contributed by atoms with van der Waals surface area (Å²) in [5.74, 6) is 0.800. The number of benzene rings is 1. The summed E-state index contributed by atoms with van der Waals surface area (Å²) >= 11 is 0. The van der Waals surface area contributed by atoms with Crippen molar-refractivity contribution in [1.29, 1.82) is 0 Å². The Kier molecular flexibility index (Phi) is 6.82. The van der Waals surface area contributed by atoms with Crippen LogP contribution in [0.5, 0.6) is 0 Å². The van der Waals surface area contributed by atoms with Gasteiger partial charge >= 0.3 is 0 Å². The fraction of sp³-hybridized carbons (Fsp3) is 0.333. The molecule has 3 heterocycles.